The Kier molecular flexibility index (Phi) is 4.27. The van der Waals surface area contributed by atoms with E-state index in [4.69, 9.17) is 4.74 Å². The summed E-state index contributed by atoms with van der Waals surface area (Å²) in [6.45, 7) is 4.26. The van der Waals surface area contributed by atoms with Crippen molar-refractivity contribution in [3.63, 3.8) is 0 Å². The molecule has 1 amide bonds. The Morgan fingerprint density at radius 1 is 1.61 bits per heavy atom. The molecule has 7 heteroatoms. The lowest BCUT2D eigenvalue weighted by Gasteiger charge is -2.16. The standard InChI is InChI=1S/C11H19N5O2/c1-3-16-7-14-15-10(16)4-13-11(17)8-5-18-6-9(8)12-2/h7-9,12H,3-6H2,1-2H3,(H,13,17). The number of carbonyl (C=O) groups is 1. The highest BCUT2D eigenvalue weighted by atomic mass is 16.5. The molecule has 2 rings (SSSR count). The summed E-state index contributed by atoms with van der Waals surface area (Å²) in [6.07, 6.45) is 1.66. The van der Waals surface area contributed by atoms with Gasteiger partial charge in [-0.3, -0.25) is 4.79 Å². The maximum atomic E-state index is 12.0. The monoisotopic (exact) mass is 253 g/mol. The highest BCUT2D eigenvalue weighted by Gasteiger charge is 2.32. The third-order valence-electron chi connectivity index (χ3n) is 3.25. The second-order valence-corrected chi connectivity index (χ2v) is 4.29. The van der Waals surface area contributed by atoms with Gasteiger partial charge in [0.15, 0.2) is 5.82 Å². The average molecular weight is 253 g/mol. The largest absolute Gasteiger partial charge is 0.379 e. The number of nitrogens with zero attached hydrogens (tertiary/aromatic N) is 3. The minimum atomic E-state index is -0.131. The smallest absolute Gasteiger partial charge is 0.227 e. The minimum Gasteiger partial charge on any atom is -0.379 e. The maximum Gasteiger partial charge on any atom is 0.227 e. The molecule has 100 valence electrons. The van der Waals surface area contributed by atoms with Crippen molar-refractivity contribution < 1.29 is 9.53 Å². The summed E-state index contributed by atoms with van der Waals surface area (Å²) >= 11 is 0. The third kappa shape index (κ3) is 2.68. The molecule has 1 aromatic heterocycles. The zero-order valence-corrected chi connectivity index (χ0v) is 10.7. The SMILES string of the molecule is CCn1cnnc1CNC(=O)C1COCC1NC. The fraction of sp³-hybridized carbons (Fsp3) is 0.727. The number of hydrogen-bond donors (Lipinski definition) is 2. The van der Waals surface area contributed by atoms with E-state index in [9.17, 15) is 4.79 Å². The summed E-state index contributed by atoms with van der Waals surface area (Å²) in [5, 5.41) is 13.8. The van der Waals surface area contributed by atoms with Crippen LogP contribution < -0.4 is 10.6 Å². The van der Waals surface area contributed by atoms with Crippen molar-refractivity contribution in [2.45, 2.75) is 26.1 Å². The Morgan fingerprint density at radius 2 is 2.44 bits per heavy atom. The number of ether oxygens (including phenoxy) is 1. The average Bonchev–Trinajstić information content (AvgIpc) is 3.03. The van der Waals surface area contributed by atoms with Crippen LogP contribution in [0.1, 0.15) is 12.7 Å². The van der Waals surface area contributed by atoms with Crippen molar-refractivity contribution in [1.29, 1.82) is 0 Å². The molecule has 0 radical (unpaired) electrons. The normalized spacial score (nSPS) is 23.2. The highest BCUT2D eigenvalue weighted by Crippen LogP contribution is 2.13. The molecule has 0 saturated carbocycles. The first-order valence-electron chi connectivity index (χ1n) is 6.15. The Hall–Kier alpha value is -1.47. The van der Waals surface area contributed by atoms with E-state index in [1.807, 2.05) is 18.5 Å². The second kappa shape index (κ2) is 5.92. The van der Waals surface area contributed by atoms with Crippen molar-refractivity contribution in [3.8, 4) is 0 Å². The first kappa shape index (κ1) is 13.0. The minimum absolute atomic E-state index is 0.00231. The lowest BCUT2D eigenvalue weighted by Crippen LogP contribution is -2.42. The lowest BCUT2D eigenvalue weighted by atomic mass is 10.0. The molecule has 0 aromatic carbocycles. The summed E-state index contributed by atoms with van der Waals surface area (Å²) in [5.41, 5.74) is 0. The zero-order valence-electron chi connectivity index (χ0n) is 10.7. The predicted molar refractivity (Wildman–Crippen MR) is 64.7 cm³/mol. The van der Waals surface area contributed by atoms with Gasteiger partial charge in [0.25, 0.3) is 0 Å². The third-order valence-corrected chi connectivity index (χ3v) is 3.25. The van der Waals surface area contributed by atoms with Crippen molar-refractivity contribution in [2.75, 3.05) is 20.3 Å². The zero-order chi connectivity index (χ0) is 13.0. The number of rotatable bonds is 5. The highest BCUT2D eigenvalue weighted by molar-refractivity contribution is 5.79. The molecule has 1 fully saturated rings. The van der Waals surface area contributed by atoms with Crippen LogP contribution in [0, 0.1) is 5.92 Å². The fourth-order valence-corrected chi connectivity index (χ4v) is 2.07. The molecule has 18 heavy (non-hydrogen) atoms. The molecule has 2 heterocycles. The Labute approximate surface area is 106 Å². The first-order chi connectivity index (χ1) is 8.76. The van der Waals surface area contributed by atoms with Gasteiger partial charge in [0, 0.05) is 12.6 Å². The van der Waals surface area contributed by atoms with E-state index in [0.29, 0.717) is 19.8 Å². The first-order valence-corrected chi connectivity index (χ1v) is 6.15. The molecule has 0 aliphatic carbocycles. The Morgan fingerprint density at radius 3 is 3.17 bits per heavy atom. The summed E-state index contributed by atoms with van der Waals surface area (Å²) < 4.78 is 7.21. The number of carbonyl (C=O) groups excluding carboxylic acids is 1. The van der Waals surface area contributed by atoms with Gasteiger partial charge in [-0.1, -0.05) is 0 Å². The Bertz CT molecular complexity index is 406. The molecule has 2 atom stereocenters. The summed E-state index contributed by atoms with van der Waals surface area (Å²) in [4.78, 5) is 12.0. The summed E-state index contributed by atoms with van der Waals surface area (Å²) in [7, 11) is 1.84. The summed E-state index contributed by atoms with van der Waals surface area (Å²) in [6, 6.07) is 0.0917. The van der Waals surface area contributed by atoms with Crippen LogP contribution in [0.4, 0.5) is 0 Å². The van der Waals surface area contributed by atoms with E-state index in [1.54, 1.807) is 6.33 Å². The van der Waals surface area contributed by atoms with Crippen LogP contribution in [0.5, 0.6) is 0 Å². The number of amides is 1. The number of hydrogen-bond acceptors (Lipinski definition) is 5. The van der Waals surface area contributed by atoms with Crippen LogP contribution >= 0.6 is 0 Å². The Balaban J connectivity index is 1.88. The van der Waals surface area contributed by atoms with Crippen molar-refractivity contribution in [2.24, 2.45) is 5.92 Å². The van der Waals surface area contributed by atoms with Crippen LogP contribution in [0.25, 0.3) is 0 Å². The van der Waals surface area contributed by atoms with Crippen LogP contribution in [0.15, 0.2) is 6.33 Å². The predicted octanol–water partition coefficient (Wildman–Crippen LogP) is -0.851. The summed E-state index contributed by atoms with van der Waals surface area (Å²) in [5.74, 6) is 0.635. The molecule has 1 aliphatic rings. The molecule has 1 saturated heterocycles. The van der Waals surface area contributed by atoms with Gasteiger partial charge in [-0.25, -0.2) is 0 Å². The molecule has 2 unspecified atom stereocenters. The van der Waals surface area contributed by atoms with E-state index in [2.05, 4.69) is 20.8 Å². The van der Waals surface area contributed by atoms with Crippen LogP contribution in [-0.4, -0.2) is 47.0 Å². The molecule has 0 spiro atoms. The van der Waals surface area contributed by atoms with Crippen molar-refractivity contribution >= 4 is 5.91 Å². The molecular weight excluding hydrogens is 234 g/mol. The molecule has 2 N–H and O–H groups in total. The van der Waals surface area contributed by atoms with Gasteiger partial charge in [-0.15, -0.1) is 10.2 Å². The van der Waals surface area contributed by atoms with Crippen LogP contribution in [0.3, 0.4) is 0 Å². The van der Waals surface area contributed by atoms with Crippen LogP contribution in [-0.2, 0) is 22.6 Å². The van der Waals surface area contributed by atoms with Gasteiger partial charge in [-0.2, -0.15) is 0 Å². The second-order valence-electron chi connectivity index (χ2n) is 4.29. The molecule has 0 bridgehead atoms. The number of likely N-dealkylation sites (N-methyl/N-ethyl adjacent to an activating group) is 1. The number of aryl methyl sites for hydroxylation is 1. The van der Waals surface area contributed by atoms with Crippen molar-refractivity contribution in [3.05, 3.63) is 12.2 Å². The van der Waals surface area contributed by atoms with E-state index >= 15 is 0 Å². The number of aromatic nitrogens is 3. The van der Waals surface area contributed by atoms with E-state index in [-0.39, 0.29) is 17.9 Å². The van der Waals surface area contributed by atoms with Crippen molar-refractivity contribution in [1.82, 2.24) is 25.4 Å². The number of nitrogens with one attached hydrogen (secondary N) is 2. The molecule has 1 aliphatic heterocycles. The maximum absolute atomic E-state index is 12.0. The van der Waals surface area contributed by atoms with Gasteiger partial charge in [0.2, 0.25) is 5.91 Å². The van der Waals surface area contributed by atoms with Gasteiger partial charge in [0.1, 0.15) is 6.33 Å². The van der Waals surface area contributed by atoms with E-state index < -0.39 is 0 Å². The topological polar surface area (TPSA) is 81.1 Å². The fourth-order valence-electron chi connectivity index (χ4n) is 2.07. The molecule has 7 nitrogen and oxygen atoms in total. The molecular formula is C11H19N5O2. The lowest BCUT2D eigenvalue weighted by molar-refractivity contribution is -0.125. The van der Waals surface area contributed by atoms with Gasteiger partial charge in [0.05, 0.1) is 25.7 Å². The van der Waals surface area contributed by atoms with E-state index in [1.165, 1.54) is 0 Å². The van der Waals surface area contributed by atoms with Crippen LogP contribution in [0.2, 0.25) is 0 Å². The van der Waals surface area contributed by atoms with E-state index in [0.717, 1.165) is 12.4 Å². The van der Waals surface area contributed by atoms with Gasteiger partial charge < -0.3 is 19.9 Å². The quantitative estimate of drug-likeness (QED) is 0.714. The van der Waals surface area contributed by atoms with Gasteiger partial charge >= 0.3 is 0 Å². The van der Waals surface area contributed by atoms with Gasteiger partial charge in [-0.05, 0) is 14.0 Å². The molecule has 1 aromatic rings.